The second-order valence-corrected chi connectivity index (χ2v) is 11.4. The molecule has 0 aromatic heterocycles. The molecule has 2 aromatic rings. The van der Waals surface area contributed by atoms with Crippen molar-refractivity contribution in [3.05, 3.63) is 77.4 Å². The molecule has 5 atom stereocenters. The largest absolute Gasteiger partial charge is 0.359 e. The van der Waals surface area contributed by atoms with Crippen molar-refractivity contribution in [1.29, 1.82) is 0 Å². The summed E-state index contributed by atoms with van der Waals surface area (Å²) in [6.07, 6.45) is 8.46. The number of nitrogens with one attached hydrogen (secondary N) is 2. The number of hydrogen-bond donors (Lipinski definition) is 2. The van der Waals surface area contributed by atoms with Crippen LogP contribution in [0.5, 0.6) is 0 Å². The van der Waals surface area contributed by atoms with Gasteiger partial charge in [-0.2, -0.15) is 0 Å². The van der Waals surface area contributed by atoms with E-state index in [1.165, 1.54) is 6.42 Å². The van der Waals surface area contributed by atoms with Gasteiger partial charge in [0.05, 0.1) is 17.9 Å². The lowest BCUT2D eigenvalue weighted by Crippen LogP contribution is -2.56. The highest BCUT2D eigenvalue weighted by molar-refractivity contribution is 6.02. The van der Waals surface area contributed by atoms with Crippen LogP contribution in [-0.4, -0.2) is 46.4 Å². The molecule has 1 saturated carbocycles. The highest BCUT2D eigenvalue weighted by Crippen LogP contribution is 2.55. The highest BCUT2D eigenvalue weighted by Gasteiger charge is 2.72. The van der Waals surface area contributed by atoms with Crippen LogP contribution >= 0.6 is 0 Å². The smallest absolute Gasteiger partial charge is 0.246 e. The number of rotatable bonds is 6. The van der Waals surface area contributed by atoms with Crippen molar-refractivity contribution in [2.24, 2.45) is 11.8 Å². The Bertz CT molecular complexity index is 1270. The molecule has 7 heteroatoms. The number of likely N-dealkylation sites (tertiary alicyclic amines) is 1. The van der Waals surface area contributed by atoms with E-state index in [9.17, 15) is 14.4 Å². The maximum atomic E-state index is 14.1. The quantitative estimate of drug-likeness (QED) is 0.571. The number of carbonyl (C=O) groups excluding carboxylic acids is 3. The minimum Gasteiger partial charge on any atom is -0.359 e. The SMILES string of the molecule is Cc1cc(C)cc(NC(=O)[C@H]2[C@@H]3C=C[C@]4(O3)[C@@H]2C(=O)N(Cc2ccccc2)[C@H]4C(=O)NC2CCCCC2)c1. The Morgan fingerprint density at radius 2 is 1.71 bits per heavy atom. The van der Waals surface area contributed by atoms with Crippen LogP contribution in [0.1, 0.15) is 48.8 Å². The molecular formula is C31H35N3O4. The number of hydrogen-bond acceptors (Lipinski definition) is 4. The van der Waals surface area contributed by atoms with Crippen molar-refractivity contribution in [1.82, 2.24) is 10.2 Å². The molecule has 1 aliphatic carbocycles. The van der Waals surface area contributed by atoms with Gasteiger partial charge in [-0.3, -0.25) is 14.4 Å². The standard InChI is InChI=1S/C31H35N3O4/c1-19-15-20(2)17-23(16-19)33-28(35)25-24-13-14-31(38-24)26(25)30(37)34(18-21-9-5-3-6-10-21)27(31)29(36)32-22-11-7-4-8-12-22/h3,5-6,9-10,13-17,22,24-27H,4,7-8,11-12,18H2,1-2H3,(H,32,36)(H,33,35)/t24-,25-,26-,27-,31-/m0/s1. The maximum Gasteiger partial charge on any atom is 0.246 e. The molecular weight excluding hydrogens is 478 g/mol. The molecule has 198 valence electrons. The first-order valence-corrected chi connectivity index (χ1v) is 13.8. The summed E-state index contributed by atoms with van der Waals surface area (Å²) in [4.78, 5) is 43.3. The molecule has 7 nitrogen and oxygen atoms in total. The average Bonchev–Trinajstić information content (AvgIpc) is 3.52. The lowest BCUT2D eigenvalue weighted by Gasteiger charge is -2.34. The second-order valence-electron chi connectivity index (χ2n) is 11.4. The van der Waals surface area contributed by atoms with Crippen LogP contribution in [0, 0.1) is 25.7 Å². The summed E-state index contributed by atoms with van der Waals surface area (Å²) in [6.45, 7) is 4.25. The Kier molecular flexibility index (Phi) is 6.34. The van der Waals surface area contributed by atoms with Gasteiger partial charge in [-0.1, -0.05) is 67.8 Å². The average molecular weight is 514 g/mol. The van der Waals surface area contributed by atoms with Crippen molar-refractivity contribution < 1.29 is 19.1 Å². The molecule has 2 saturated heterocycles. The van der Waals surface area contributed by atoms with Crippen molar-refractivity contribution in [3.8, 4) is 0 Å². The topological polar surface area (TPSA) is 87.7 Å². The number of anilines is 1. The van der Waals surface area contributed by atoms with Gasteiger partial charge in [-0.25, -0.2) is 0 Å². The minimum absolute atomic E-state index is 0.103. The van der Waals surface area contributed by atoms with Gasteiger partial charge in [0.15, 0.2) is 0 Å². The number of benzene rings is 2. The fourth-order valence-corrected chi connectivity index (χ4v) is 7.02. The third-order valence-electron chi connectivity index (χ3n) is 8.56. The molecule has 3 aliphatic heterocycles. The molecule has 3 fully saturated rings. The summed E-state index contributed by atoms with van der Waals surface area (Å²) >= 11 is 0. The fourth-order valence-electron chi connectivity index (χ4n) is 7.02. The summed E-state index contributed by atoms with van der Waals surface area (Å²) in [6, 6.07) is 14.8. The third-order valence-corrected chi connectivity index (χ3v) is 8.56. The molecule has 2 N–H and O–H groups in total. The zero-order chi connectivity index (χ0) is 26.4. The van der Waals surface area contributed by atoms with Crippen LogP contribution in [0.4, 0.5) is 5.69 Å². The normalized spacial score (nSPS) is 29.9. The third kappa shape index (κ3) is 4.23. The van der Waals surface area contributed by atoms with Gasteiger partial charge in [0.1, 0.15) is 11.6 Å². The van der Waals surface area contributed by atoms with E-state index in [1.54, 1.807) is 4.90 Å². The van der Waals surface area contributed by atoms with Gasteiger partial charge in [-0.15, -0.1) is 0 Å². The molecule has 3 heterocycles. The Balaban J connectivity index is 1.32. The number of fused-ring (bicyclic) bond motifs is 1. The molecule has 4 aliphatic rings. The summed E-state index contributed by atoms with van der Waals surface area (Å²) in [5.41, 5.74) is 2.58. The first-order chi connectivity index (χ1) is 18.4. The summed E-state index contributed by atoms with van der Waals surface area (Å²) in [5, 5.41) is 6.27. The zero-order valence-electron chi connectivity index (χ0n) is 22.0. The Labute approximate surface area is 223 Å². The van der Waals surface area contributed by atoms with E-state index >= 15 is 0 Å². The van der Waals surface area contributed by atoms with Gasteiger partial charge in [0.25, 0.3) is 0 Å². The van der Waals surface area contributed by atoms with Gasteiger partial charge >= 0.3 is 0 Å². The first-order valence-electron chi connectivity index (χ1n) is 13.8. The van der Waals surface area contributed by atoms with Crippen LogP contribution < -0.4 is 10.6 Å². The molecule has 2 bridgehead atoms. The predicted octanol–water partition coefficient (Wildman–Crippen LogP) is 4.04. The van der Waals surface area contributed by atoms with Gasteiger partial charge in [-0.05, 0) is 55.5 Å². The Hall–Kier alpha value is -3.45. The van der Waals surface area contributed by atoms with Crippen molar-refractivity contribution >= 4 is 23.4 Å². The maximum absolute atomic E-state index is 14.1. The summed E-state index contributed by atoms with van der Waals surface area (Å²) in [5.74, 6) is -2.11. The lowest BCUT2D eigenvalue weighted by atomic mass is 9.74. The van der Waals surface area contributed by atoms with E-state index < -0.39 is 29.6 Å². The van der Waals surface area contributed by atoms with Crippen LogP contribution in [0.15, 0.2) is 60.7 Å². The van der Waals surface area contributed by atoms with Crippen molar-refractivity contribution in [3.63, 3.8) is 0 Å². The number of amides is 3. The van der Waals surface area contributed by atoms with E-state index in [0.29, 0.717) is 5.69 Å². The zero-order valence-corrected chi connectivity index (χ0v) is 22.0. The molecule has 38 heavy (non-hydrogen) atoms. The molecule has 0 radical (unpaired) electrons. The fraction of sp³-hybridized carbons (Fsp3) is 0.452. The van der Waals surface area contributed by atoms with E-state index in [2.05, 4.69) is 10.6 Å². The molecule has 6 rings (SSSR count). The van der Waals surface area contributed by atoms with E-state index in [0.717, 1.165) is 42.4 Å². The number of ether oxygens (including phenoxy) is 1. The number of aryl methyl sites for hydroxylation is 2. The van der Waals surface area contributed by atoms with Gasteiger partial charge in [0.2, 0.25) is 17.7 Å². The van der Waals surface area contributed by atoms with Crippen LogP contribution in [-0.2, 0) is 25.7 Å². The van der Waals surface area contributed by atoms with Crippen molar-refractivity contribution in [2.75, 3.05) is 5.32 Å². The first kappa shape index (κ1) is 24.9. The Morgan fingerprint density at radius 3 is 2.42 bits per heavy atom. The highest BCUT2D eigenvalue weighted by atomic mass is 16.5. The minimum atomic E-state index is -1.15. The number of carbonyl (C=O) groups is 3. The van der Waals surface area contributed by atoms with Crippen LogP contribution in [0.3, 0.4) is 0 Å². The lowest BCUT2D eigenvalue weighted by molar-refractivity contribution is -0.142. The van der Waals surface area contributed by atoms with Gasteiger partial charge in [0, 0.05) is 18.3 Å². The molecule has 2 aromatic carbocycles. The molecule has 1 spiro atoms. The van der Waals surface area contributed by atoms with E-state index in [4.69, 9.17) is 4.74 Å². The molecule has 0 unspecified atom stereocenters. The van der Waals surface area contributed by atoms with Crippen LogP contribution in [0.2, 0.25) is 0 Å². The summed E-state index contributed by atoms with van der Waals surface area (Å²) < 4.78 is 6.47. The van der Waals surface area contributed by atoms with Crippen LogP contribution in [0.25, 0.3) is 0 Å². The van der Waals surface area contributed by atoms with Crippen molar-refractivity contribution in [2.45, 2.75) is 76.3 Å². The van der Waals surface area contributed by atoms with E-state index in [1.807, 2.05) is 74.5 Å². The van der Waals surface area contributed by atoms with Gasteiger partial charge < -0.3 is 20.3 Å². The second kappa shape index (κ2) is 9.70. The monoisotopic (exact) mass is 513 g/mol. The molecule has 3 amide bonds. The number of nitrogens with zero attached hydrogens (tertiary/aromatic N) is 1. The predicted molar refractivity (Wildman–Crippen MR) is 144 cm³/mol. The summed E-state index contributed by atoms with van der Waals surface area (Å²) in [7, 11) is 0. The van der Waals surface area contributed by atoms with E-state index in [-0.39, 0.29) is 30.3 Å². The Morgan fingerprint density at radius 1 is 1.00 bits per heavy atom.